The second-order valence-electron chi connectivity index (χ2n) is 5.15. The fraction of sp³-hybridized carbons (Fsp3) is 0.643. The Morgan fingerprint density at radius 1 is 1.35 bits per heavy atom. The van der Waals surface area contributed by atoms with Crippen molar-refractivity contribution in [2.24, 2.45) is 5.92 Å². The van der Waals surface area contributed by atoms with Crippen LogP contribution < -0.4 is 11.1 Å². The first-order valence-corrected chi connectivity index (χ1v) is 6.61. The number of rotatable bonds is 3. The summed E-state index contributed by atoms with van der Waals surface area (Å²) in [6, 6.07) is 2.54. The molecule has 1 aromatic rings. The van der Waals surface area contributed by atoms with E-state index in [0.29, 0.717) is 17.8 Å². The van der Waals surface area contributed by atoms with Crippen molar-refractivity contribution >= 4 is 5.82 Å². The van der Waals surface area contributed by atoms with Crippen molar-refractivity contribution in [3.8, 4) is 0 Å². The normalized spacial score (nSPS) is 19.2. The number of hydrogen-bond donors (Lipinski definition) is 2. The molecule has 0 bridgehead atoms. The molecule has 0 aliphatic heterocycles. The smallest absolute Gasteiger partial charge is 0.128 e. The molecule has 17 heavy (non-hydrogen) atoms. The second kappa shape index (κ2) is 5.50. The van der Waals surface area contributed by atoms with E-state index in [1.54, 1.807) is 0 Å². The van der Waals surface area contributed by atoms with Gasteiger partial charge in [-0.05, 0) is 44.4 Å². The molecule has 94 valence electrons. The molecule has 0 aromatic carbocycles. The molecule has 1 heterocycles. The number of hydrogen-bond acceptors (Lipinski definition) is 3. The van der Waals surface area contributed by atoms with Crippen molar-refractivity contribution in [3.63, 3.8) is 0 Å². The number of nitrogens with two attached hydrogens (primary N) is 1. The molecule has 1 atom stereocenters. The highest BCUT2D eigenvalue weighted by Crippen LogP contribution is 2.35. The van der Waals surface area contributed by atoms with Gasteiger partial charge < -0.3 is 11.1 Å². The van der Waals surface area contributed by atoms with Crippen LogP contribution in [0.3, 0.4) is 0 Å². The highest BCUT2D eigenvalue weighted by atomic mass is 14.9. The second-order valence-corrected chi connectivity index (χ2v) is 5.15. The van der Waals surface area contributed by atoms with E-state index in [1.807, 2.05) is 13.2 Å². The van der Waals surface area contributed by atoms with Crippen LogP contribution in [-0.2, 0) is 0 Å². The minimum absolute atomic E-state index is 0.364. The lowest BCUT2D eigenvalue weighted by Crippen LogP contribution is -2.28. The maximum atomic E-state index is 6.02. The van der Waals surface area contributed by atoms with Crippen LogP contribution in [0.1, 0.15) is 49.3 Å². The molecular weight excluding hydrogens is 210 g/mol. The van der Waals surface area contributed by atoms with Gasteiger partial charge in [-0.1, -0.05) is 19.3 Å². The highest BCUT2D eigenvalue weighted by Gasteiger charge is 2.25. The van der Waals surface area contributed by atoms with Crippen LogP contribution in [0.4, 0.5) is 5.82 Å². The number of pyridine rings is 1. The Morgan fingerprint density at radius 3 is 2.71 bits per heavy atom. The Morgan fingerprint density at radius 2 is 2.06 bits per heavy atom. The summed E-state index contributed by atoms with van der Waals surface area (Å²) in [6.07, 6.45) is 8.53. The Bertz CT molecular complexity index is 370. The van der Waals surface area contributed by atoms with Gasteiger partial charge in [-0.25, -0.2) is 4.98 Å². The van der Waals surface area contributed by atoms with E-state index in [1.165, 1.54) is 43.2 Å². The van der Waals surface area contributed by atoms with E-state index >= 15 is 0 Å². The maximum absolute atomic E-state index is 6.02. The van der Waals surface area contributed by atoms with E-state index in [9.17, 15) is 0 Å². The van der Waals surface area contributed by atoms with Gasteiger partial charge in [0.2, 0.25) is 0 Å². The van der Waals surface area contributed by atoms with Gasteiger partial charge in [0.25, 0.3) is 0 Å². The first-order chi connectivity index (χ1) is 8.22. The van der Waals surface area contributed by atoms with Crippen molar-refractivity contribution in [1.82, 2.24) is 10.3 Å². The summed E-state index contributed by atoms with van der Waals surface area (Å²) >= 11 is 0. The SMILES string of the molecule is CNC(c1cc(C)cnc1N)C1CCCCC1. The zero-order valence-electron chi connectivity index (χ0n) is 10.9. The molecule has 1 aromatic heterocycles. The quantitative estimate of drug-likeness (QED) is 0.844. The summed E-state index contributed by atoms with van der Waals surface area (Å²) in [7, 11) is 2.03. The average Bonchev–Trinajstić information content (AvgIpc) is 2.36. The number of aryl methyl sites for hydroxylation is 1. The molecule has 0 radical (unpaired) electrons. The van der Waals surface area contributed by atoms with E-state index in [0.717, 1.165) is 0 Å². The van der Waals surface area contributed by atoms with Crippen LogP contribution in [0.5, 0.6) is 0 Å². The van der Waals surface area contributed by atoms with Crippen LogP contribution in [0, 0.1) is 12.8 Å². The molecule has 1 aliphatic carbocycles. The number of nitrogens with zero attached hydrogens (tertiary/aromatic N) is 1. The summed E-state index contributed by atoms with van der Waals surface area (Å²) < 4.78 is 0. The standard InChI is InChI=1S/C14H23N3/c1-10-8-12(14(15)17-9-10)13(16-2)11-6-4-3-5-7-11/h8-9,11,13,16H,3-7H2,1-2H3,(H2,15,17). The zero-order chi connectivity index (χ0) is 12.3. The Labute approximate surface area is 104 Å². The molecule has 0 saturated heterocycles. The van der Waals surface area contributed by atoms with Crippen molar-refractivity contribution in [2.75, 3.05) is 12.8 Å². The predicted molar refractivity (Wildman–Crippen MR) is 71.8 cm³/mol. The molecule has 3 N–H and O–H groups in total. The molecule has 1 saturated carbocycles. The first kappa shape index (κ1) is 12.4. The molecule has 0 amide bonds. The monoisotopic (exact) mass is 233 g/mol. The van der Waals surface area contributed by atoms with Gasteiger partial charge >= 0.3 is 0 Å². The van der Waals surface area contributed by atoms with Crippen molar-refractivity contribution in [1.29, 1.82) is 0 Å². The van der Waals surface area contributed by atoms with E-state index in [2.05, 4.69) is 23.3 Å². The van der Waals surface area contributed by atoms with Crippen molar-refractivity contribution in [3.05, 3.63) is 23.4 Å². The third kappa shape index (κ3) is 2.78. The fourth-order valence-corrected chi connectivity index (χ4v) is 2.96. The zero-order valence-corrected chi connectivity index (χ0v) is 10.9. The number of aromatic nitrogens is 1. The third-order valence-electron chi connectivity index (χ3n) is 3.85. The van der Waals surface area contributed by atoms with Crippen LogP contribution in [0.15, 0.2) is 12.3 Å². The van der Waals surface area contributed by atoms with Gasteiger partial charge in [0.05, 0.1) is 0 Å². The lowest BCUT2D eigenvalue weighted by Gasteiger charge is -2.31. The Hall–Kier alpha value is -1.09. The Kier molecular flexibility index (Phi) is 4.00. The molecule has 3 heteroatoms. The predicted octanol–water partition coefficient (Wildman–Crippen LogP) is 2.81. The molecule has 1 unspecified atom stereocenters. The van der Waals surface area contributed by atoms with Gasteiger partial charge in [-0.15, -0.1) is 0 Å². The van der Waals surface area contributed by atoms with E-state index in [-0.39, 0.29) is 0 Å². The maximum Gasteiger partial charge on any atom is 0.128 e. The van der Waals surface area contributed by atoms with Crippen molar-refractivity contribution < 1.29 is 0 Å². The number of nitrogens with one attached hydrogen (secondary N) is 1. The molecule has 3 nitrogen and oxygen atoms in total. The van der Waals surface area contributed by atoms with Crippen LogP contribution >= 0.6 is 0 Å². The van der Waals surface area contributed by atoms with Gasteiger partial charge in [0, 0.05) is 17.8 Å². The molecule has 2 rings (SSSR count). The molecule has 0 spiro atoms. The average molecular weight is 233 g/mol. The topological polar surface area (TPSA) is 50.9 Å². The molecule has 1 fully saturated rings. The minimum atomic E-state index is 0.364. The minimum Gasteiger partial charge on any atom is -0.383 e. The summed E-state index contributed by atoms with van der Waals surface area (Å²) in [5.74, 6) is 1.39. The summed E-state index contributed by atoms with van der Waals surface area (Å²) in [5.41, 5.74) is 8.39. The highest BCUT2D eigenvalue weighted by molar-refractivity contribution is 5.43. The molecule has 1 aliphatic rings. The van der Waals surface area contributed by atoms with E-state index in [4.69, 9.17) is 5.73 Å². The summed E-state index contributed by atoms with van der Waals surface area (Å²) in [6.45, 7) is 2.07. The van der Waals surface area contributed by atoms with E-state index < -0.39 is 0 Å². The van der Waals surface area contributed by atoms with Gasteiger partial charge in [0.15, 0.2) is 0 Å². The fourth-order valence-electron chi connectivity index (χ4n) is 2.96. The lowest BCUT2D eigenvalue weighted by molar-refractivity contribution is 0.282. The van der Waals surface area contributed by atoms with Gasteiger partial charge in [-0.2, -0.15) is 0 Å². The molecular formula is C14H23N3. The third-order valence-corrected chi connectivity index (χ3v) is 3.85. The summed E-state index contributed by atoms with van der Waals surface area (Å²) in [4.78, 5) is 4.28. The Balaban J connectivity index is 2.24. The van der Waals surface area contributed by atoms with Gasteiger partial charge in [0.1, 0.15) is 5.82 Å². The van der Waals surface area contributed by atoms with Gasteiger partial charge in [-0.3, -0.25) is 0 Å². The lowest BCUT2D eigenvalue weighted by atomic mass is 9.81. The number of nitrogen functional groups attached to an aromatic ring is 1. The largest absolute Gasteiger partial charge is 0.383 e. The van der Waals surface area contributed by atoms with Crippen molar-refractivity contribution in [2.45, 2.75) is 45.1 Å². The first-order valence-electron chi connectivity index (χ1n) is 6.61. The van der Waals surface area contributed by atoms with Crippen LogP contribution in [0.25, 0.3) is 0 Å². The summed E-state index contributed by atoms with van der Waals surface area (Å²) in [5, 5.41) is 3.44. The van der Waals surface area contributed by atoms with Crippen LogP contribution in [-0.4, -0.2) is 12.0 Å². The van der Waals surface area contributed by atoms with Crippen LogP contribution in [0.2, 0.25) is 0 Å². The number of anilines is 1.